The highest BCUT2D eigenvalue weighted by Crippen LogP contribution is 2.22. The van der Waals surface area contributed by atoms with Gasteiger partial charge in [-0.05, 0) is 44.6 Å². The molecule has 0 fully saturated rings. The van der Waals surface area contributed by atoms with Gasteiger partial charge in [0.15, 0.2) is 0 Å². The van der Waals surface area contributed by atoms with Gasteiger partial charge in [0.1, 0.15) is 0 Å². The van der Waals surface area contributed by atoms with Crippen LogP contribution in [-0.4, -0.2) is 14.5 Å². The molecule has 0 spiro atoms. The number of halogens is 4. The zero-order valence-electron chi connectivity index (χ0n) is 10.3. The van der Waals surface area contributed by atoms with Gasteiger partial charge in [-0.1, -0.05) is 36.4 Å². The molecule has 3 aromatic carbocycles. The van der Waals surface area contributed by atoms with E-state index in [4.69, 9.17) is 0 Å². The quantitative estimate of drug-likeness (QED) is 0.382. The number of hydrogen-bond acceptors (Lipinski definition) is 0. The maximum absolute atomic E-state index is 13.2. The number of fused-ring (bicyclic) bond motifs is 2. The van der Waals surface area contributed by atoms with Crippen molar-refractivity contribution in [2.45, 2.75) is 0 Å². The van der Waals surface area contributed by atoms with Crippen LogP contribution in [-0.2, 0) is 0 Å². The molecule has 0 radical (unpaired) electrons. The number of benzene rings is 3. The summed E-state index contributed by atoms with van der Waals surface area (Å²) in [6.45, 7) is 0. The minimum atomic E-state index is -2.93. The van der Waals surface area contributed by atoms with Crippen LogP contribution in [0.3, 0.4) is 0 Å². The first-order valence-corrected chi connectivity index (χ1v) is 6.09. The Morgan fingerprint density at radius 3 is 1.90 bits per heavy atom. The summed E-state index contributed by atoms with van der Waals surface area (Å²) in [7, 11) is -5.83. The second kappa shape index (κ2) is 4.85. The molecule has 0 bridgehead atoms. The van der Waals surface area contributed by atoms with Crippen LogP contribution >= 0.6 is 0 Å². The van der Waals surface area contributed by atoms with E-state index in [2.05, 4.69) is 0 Å². The van der Waals surface area contributed by atoms with Crippen molar-refractivity contribution >= 4 is 47.0 Å². The van der Waals surface area contributed by atoms with E-state index in [0.717, 1.165) is 16.8 Å². The molecule has 3 rings (SSSR count). The molecule has 0 nitrogen and oxygen atoms in total. The third-order valence-corrected chi connectivity index (χ3v) is 3.41. The Labute approximate surface area is 113 Å². The summed E-state index contributed by atoms with van der Waals surface area (Å²) in [5, 5.41) is 2.39. The van der Waals surface area contributed by atoms with Gasteiger partial charge >= 0.3 is 14.5 Å². The summed E-state index contributed by atoms with van der Waals surface area (Å²) in [4.78, 5) is 0. The maximum atomic E-state index is 13.2. The lowest BCUT2D eigenvalue weighted by Gasteiger charge is -2.10. The Balaban J connectivity index is 2.42. The standard InChI is InChI=1S/C14H8B2F4/c17-15(18)13-6-5-11-7-9-3-1-2-4-10(9)8-12(11)14(13)16(19)20/h1-8H. The minimum absolute atomic E-state index is 0.191. The summed E-state index contributed by atoms with van der Waals surface area (Å²) in [6.07, 6.45) is 0. The molecule has 0 atom stereocenters. The van der Waals surface area contributed by atoms with Crippen molar-refractivity contribution in [3.8, 4) is 0 Å². The smallest absolute Gasteiger partial charge is 0.281 e. The van der Waals surface area contributed by atoms with E-state index >= 15 is 0 Å². The van der Waals surface area contributed by atoms with Gasteiger partial charge in [0, 0.05) is 0 Å². The SMILES string of the molecule is FB(F)c1ccc2cc3ccccc3cc2c1B(F)F. The summed E-state index contributed by atoms with van der Waals surface area (Å²) in [5.41, 5.74) is -1.16. The predicted molar refractivity (Wildman–Crippen MR) is 76.7 cm³/mol. The Hall–Kier alpha value is -1.97. The van der Waals surface area contributed by atoms with Crippen molar-refractivity contribution in [1.82, 2.24) is 0 Å². The van der Waals surface area contributed by atoms with E-state index in [9.17, 15) is 17.3 Å². The molecule has 6 heteroatoms. The van der Waals surface area contributed by atoms with Crippen LogP contribution in [0.25, 0.3) is 21.5 Å². The van der Waals surface area contributed by atoms with Gasteiger partial charge in [-0.3, -0.25) is 17.3 Å². The molecule has 0 aliphatic carbocycles. The Bertz CT molecular complexity index is 787. The molecule has 0 aliphatic heterocycles. The largest absolute Gasteiger partial charge is 0.572 e. The van der Waals surface area contributed by atoms with Crippen molar-refractivity contribution in [3.63, 3.8) is 0 Å². The van der Waals surface area contributed by atoms with E-state index in [0.29, 0.717) is 5.39 Å². The minimum Gasteiger partial charge on any atom is -0.281 e. The lowest BCUT2D eigenvalue weighted by Crippen LogP contribution is -2.42. The van der Waals surface area contributed by atoms with Crippen LogP contribution in [0.5, 0.6) is 0 Å². The van der Waals surface area contributed by atoms with Crippen LogP contribution in [0.4, 0.5) is 17.3 Å². The summed E-state index contributed by atoms with van der Waals surface area (Å²) in [5.74, 6) is 0. The molecular formula is C14H8B2F4. The number of rotatable bonds is 2. The third kappa shape index (κ3) is 2.05. The zero-order chi connectivity index (χ0) is 14.3. The van der Waals surface area contributed by atoms with Crippen molar-refractivity contribution in [3.05, 3.63) is 48.5 Å². The molecule has 0 unspecified atom stereocenters. The van der Waals surface area contributed by atoms with Crippen molar-refractivity contribution in [1.29, 1.82) is 0 Å². The average molecular weight is 274 g/mol. The monoisotopic (exact) mass is 274 g/mol. The van der Waals surface area contributed by atoms with Crippen molar-refractivity contribution in [2.24, 2.45) is 0 Å². The fourth-order valence-electron chi connectivity index (χ4n) is 2.49. The molecule has 0 aromatic heterocycles. The predicted octanol–water partition coefficient (Wildman–Crippen LogP) is 3.26. The third-order valence-electron chi connectivity index (χ3n) is 3.41. The first kappa shape index (κ1) is 13.0. The van der Waals surface area contributed by atoms with Gasteiger partial charge in [-0.15, -0.1) is 0 Å². The van der Waals surface area contributed by atoms with Crippen LogP contribution in [0.2, 0.25) is 0 Å². The van der Waals surface area contributed by atoms with E-state index < -0.39 is 25.5 Å². The van der Waals surface area contributed by atoms with Crippen LogP contribution in [0.1, 0.15) is 0 Å². The Morgan fingerprint density at radius 1 is 0.650 bits per heavy atom. The van der Waals surface area contributed by atoms with E-state index in [1.807, 2.05) is 12.1 Å². The highest BCUT2D eigenvalue weighted by molar-refractivity contribution is 6.75. The molecule has 98 valence electrons. The van der Waals surface area contributed by atoms with Gasteiger partial charge in [0.25, 0.3) is 0 Å². The van der Waals surface area contributed by atoms with Crippen molar-refractivity contribution < 1.29 is 17.3 Å². The molecule has 0 N–H and O–H groups in total. The molecule has 3 aromatic rings. The summed E-state index contributed by atoms with van der Waals surface area (Å²) >= 11 is 0. The van der Waals surface area contributed by atoms with Gasteiger partial charge in [-0.2, -0.15) is 0 Å². The normalized spacial score (nSPS) is 11.0. The molecule has 0 amide bonds. The van der Waals surface area contributed by atoms with Crippen molar-refractivity contribution in [2.75, 3.05) is 0 Å². The summed E-state index contributed by atoms with van der Waals surface area (Å²) < 4.78 is 52.2. The highest BCUT2D eigenvalue weighted by atomic mass is 19.2. The first-order valence-electron chi connectivity index (χ1n) is 6.09. The Kier molecular flexibility index (Phi) is 3.16. The molecule has 0 saturated heterocycles. The number of hydrogen-bond donors (Lipinski definition) is 0. The van der Waals surface area contributed by atoms with E-state index in [1.54, 1.807) is 24.3 Å². The highest BCUT2D eigenvalue weighted by Gasteiger charge is 2.30. The van der Waals surface area contributed by atoms with E-state index in [-0.39, 0.29) is 5.39 Å². The molecule has 20 heavy (non-hydrogen) atoms. The fourth-order valence-corrected chi connectivity index (χ4v) is 2.49. The van der Waals surface area contributed by atoms with E-state index in [1.165, 1.54) is 6.07 Å². The van der Waals surface area contributed by atoms with Crippen LogP contribution in [0, 0.1) is 0 Å². The molecule has 0 saturated carbocycles. The average Bonchev–Trinajstić information content (AvgIpc) is 2.43. The lowest BCUT2D eigenvalue weighted by atomic mass is 9.68. The first-order chi connectivity index (χ1) is 9.58. The molecule has 0 heterocycles. The fraction of sp³-hybridized carbons (Fsp3) is 0. The zero-order valence-corrected chi connectivity index (χ0v) is 10.3. The van der Waals surface area contributed by atoms with Crippen LogP contribution < -0.4 is 10.9 Å². The topological polar surface area (TPSA) is 0 Å². The van der Waals surface area contributed by atoms with Gasteiger partial charge in [0.2, 0.25) is 0 Å². The molecule has 0 aliphatic rings. The summed E-state index contributed by atoms with van der Waals surface area (Å²) in [6, 6.07) is 13.1. The molecular weight excluding hydrogens is 266 g/mol. The van der Waals surface area contributed by atoms with Gasteiger partial charge in [-0.25, -0.2) is 0 Å². The van der Waals surface area contributed by atoms with Gasteiger partial charge in [0.05, 0.1) is 0 Å². The second-order valence-corrected chi connectivity index (χ2v) is 4.59. The maximum Gasteiger partial charge on any atom is 0.572 e. The Morgan fingerprint density at radius 2 is 1.30 bits per heavy atom. The second-order valence-electron chi connectivity index (χ2n) is 4.59. The van der Waals surface area contributed by atoms with Gasteiger partial charge < -0.3 is 0 Å². The van der Waals surface area contributed by atoms with Crippen LogP contribution in [0.15, 0.2) is 48.5 Å². The lowest BCUT2D eigenvalue weighted by molar-refractivity contribution is 0.677.